The lowest BCUT2D eigenvalue weighted by Gasteiger charge is -2.18. The van der Waals surface area contributed by atoms with Gasteiger partial charge in [-0.2, -0.15) is 0 Å². The van der Waals surface area contributed by atoms with E-state index < -0.39 is 22.0 Å². The average molecular weight is 657 g/mol. The number of nitro benzene ring substituents is 1. The highest BCUT2D eigenvalue weighted by Crippen LogP contribution is 2.37. The van der Waals surface area contributed by atoms with E-state index in [1.165, 1.54) is 36.0 Å². The Hall–Kier alpha value is -6.00. The zero-order valence-electron chi connectivity index (χ0n) is 26.2. The first-order valence-electron chi connectivity index (χ1n) is 15.0. The number of para-hydroxylation sites is 1. The number of benzene rings is 5. The summed E-state index contributed by atoms with van der Waals surface area (Å²) in [7, 11) is 0. The molecule has 0 radical (unpaired) electrons. The number of thioether (sulfide) groups is 1. The normalized spacial score (nSPS) is 11.7. The first-order chi connectivity index (χ1) is 23.2. The van der Waals surface area contributed by atoms with Crippen LogP contribution in [0.2, 0.25) is 0 Å². The molecule has 0 aliphatic heterocycles. The van der Waals surface area contributed by atoms with Crippen LogP contribution in [0, 0.1) is 24.0 Å². The highest BCUT2D eigenvalue weighted by molar-refractivity contribution is 8.00. The van der Waals surface area contributed by atoms with E-state index in [1.807, 2.05) is 62.4 Å². The van der Waals surface area contributed by atoms with Gasteiger partial charge in [-0.15, -0.1) is 11.8 Å². The number of rotatable bonds is 11. The molecule has 0 aliphatic carbocycles. The molecule has 9 nitrogen and oxygen atoms in total. The lowest BCUT2D eigenvalue weighted by Crippen LogP contribution is -2.30. The van der Waals surface area contributed by atoms with E-state index in [4.69, 9.17) is 0 Å². The minimum Gasteiger partial charge on any atom is -0.325 e. The van der Waals surface area contributed by atoms with E-state index in [0.717, 1.165) is 27.3 Å². The van der Waals surface area contributed by atoms with Crippen LogP contribution in [0.15, 0.2) is 138 Å². The molecule has 0 bridgehead atoms. The lowest BCUT2D eigenvalue weighted by molar-refractivity contribution is -0.385. The fourth-order valence-electron chi connectivity index (χ4n) is 4.88. The van der Waals surface area contributed by atoms with Crippen LogP contribution in [0.4, 0.5) is 17.1 Å². The van der Waals surface area contributed by atoms with E-state index in [9.17, 15) is 24.5 Å². The van der Waals surface area contributed by atoms with Gasteiger partial charge >= 0.3 is 0 Å². The molecule has 3 amide bonds. The molecule has 0 spiro atoms. The van der Waals surface area contributed by atoms with Crippen molar-refractivity contribution in [3.05, 3.63) is 171 Å². The third-order valence-corrected chi connectivity index (χ3v) is 8.57. The molecule has 0 aliphatic rings. The summed E-state index contributed by atoms with van der Waals surface area (Å²) in [6.07, 6.45) is 1.28. The number of carbonyl (C=O) groups is 3. The monoisotopic (exact) mass is 656 g/mol. The van der Waals surface area contributed by atoms with Crippen molar-refractivity contribution in [3.8, 4) is 0 Å². The Kier molecular flexibility index (Phi) is 10.8. The van der Waals surface area contributed by atoms with Gasteiger partial charge in [-0.05, 0) is 79.6 Å². The van der Waals surface area contributed by atoms with E-state index in [0.29, 0.717) is 11.3 Å². The molecule has 0 heterocycles. The summed E-state index contributed by atoms with van der Waals surface area (Å²) in [6.45, 7) is 3.95. The second-order valence-electron chi connectivity index (χ2n) is 10.9. The molecule has 48 heavy (non-hydrogen) atoms. The van der Waals surface area contributed by atoms with Gasteiger partial charge in [0.05, 0.1) is 10.5 Å². The number of nitro groups is 1. The van der Waals surface area contributed by atoms with Gasteiger partial charge < -0.3 is 16.0 Å². The van der Waals surface area contributed by atoms with Crippen molar-refractivity contribution in [1.29, 1.82) is 0 Å². The molecule has 1 atom stereocenters. The zero-order chi connectivity index (χ0) is 34.0. The zero-order valence-corrected chi connectivity index (χ0v) is 27.0. The molecule has 5 aromatic carbocycles. The quantitative estimate of drug-likeness (QED) is 0.0570. The summed E-state index contributed by atoms with van der Waals surface area (Å²) < 4.78 is 0. The van der Waals surface area contributed by atoms with Crippen molar-refractivity contribution in [1.82, 2.24) is 5.32 Å². The van der Waals surface area contributed by atoms with Gasteiger partial charge in [0.25, 0.3) is 17.5 Å². The second-order valence-corrected chi connectivity index (χ2v) is 12.1. The first kappa shape index (κ1) is 33.4. The molecular formula is C38H32N4O5S. The lowest BCUT2D eigenvalue weighted by atomic mass is 10.1. The number of nitrogens with zero attached hydrogens (tertiary/aromatic N) is 1. The molecule has 0 saturated heterocycles. The Balaban J connectivity index is 1.36. The standard InChI is InChI=1S/C38H32N4O5S/c1-25-17-22-32(26(2)23-25)40-38(45)35(27-11-5-3-6-12-27)48-31-20-18-30(19-21-31)39-37(44)33(41-36(43)28-13-7-4-8-14-28)24-29-15-9-10-16-34(29)42(46)47/h3-24,35H,1-2H3,(H,39,44)(H,40,45)(H,41,43)/b33-24-. The van der Waals surface area contributed by atoms with Crippen molar-refractivity contribution in [2.45, 2.75) is 24.0 Å². The average Bonchev–Trinajstić information content (AvgIpc) is 3.09. The van der Waals surface area contributed by atoms with E-state index in [-0.39, 0.29) is 22.9 Å². The van der Waals surface area contributed by atoms with Crippen molar-refractivity contribution >= 4 is 52.6 Å². The van der Waals surface area contributed by atoms with Crippen LogP contribution in [0.5, 0.6) is 0 Å². The molecule has 0 fully saturated rings. The predicted molar refractivity (Wildman–Crippen MR) is 190 cm³/mol. The maximum atomic E-state index is 13.6. The number of aryl methyl sites for hydroxylation is 2. The van der Waals surface area contributed by atoms with Crippen LogP contribution in [0.1, 0.15) is 37.9 Å². The van der Waals surface area contributed by atoms with Gasteiger partial charge in [0.2, 0.25) is 5.91 Å². The largest absolute Gasteiger partial charge is 0.325 e. The second kappa shape index (κ2) is 15.5. The number of amides is 3. The summed E-state index contributed by atoms with van der Waals surface area (Å²) >= 11 is 1.37. The van der Waals surface area contributed by atoms with Gasteiger partial charge in [-0.3, -0.25) is 24.5 Å². The molecule has 240 valence electrons. The topological polar surface area (TPSA) is 130 Å². The summed E-state index contributed by atoms with van der Waals surface area (Å²) in [6, 6.07) is 36.6. The van der Waals surface area contributed by atoms with Crippen LogP contribution in [0.3, 0.4) is 0 Å². The number of anilines is 2. The molecule has 3 N–H and O–H groups in total. The molecular weight excluding hydrogens is 625 g/mol. The van der Waals surface area contributed by atoms with Gasteiger partial charge in [-0.1, -0.05) is 78.4 Å². The minimum atomic E-state index is -0.673. The van der Waals surface area contributed by atoms with Crippen LogP contribution < -0.4 is 16.0 Å². The molecule has 5 aromatic rings. The van der Waals surface area contributed by atoms with Crippen LogP contribution in [0.25, 0.3) is 6.08 Å². The molecule has 10 heteroatoms. The number of hydrogen-bond donors (Lipinski definition) is 3. The van der Waals surface area contributed by atoms with Crippen molar-refractivity contribution in [2.24, 2.45) is 0 Å². The van der Waals surface area contributed by atoms with Gasteiger partial charge in [-0.25, -0.2) is 0 Å². The number of carbonyl (C=O) groups excluding carboxylic acids is 3. The first-order valence-corrected chi connectivity index (χ1v) is 15.9. The maximum absolute atomic E-state index is 13.6. The summed E-state index contributed by atoms with van der Waals surface area (Å²) in [5.41, 5.74) is 4.15. The fourth-order valence-corrected chi connectivity index (χ4v) is 5.90. The Morgan fingerprint density at radius 3 is 2.08 bits per heavy atom. The molecule has 0 aromatic heterocycles. The van der Waals surface area contributed by atoms with Crippen LogP contribution in [-0.4, -0.2) is 22.6 Å². The number of hydrogen-bond acceptors (Lipinski definition) is 6. The summed E-state index contributed by atoms with van der Waals surface area (Å²) in [5.74, 6) is -1.39. The molecule has 5 rings (SSSR count). The molecule has 0 saturated carbocycles. The highest BCUT2D eigenvalue weighted by Gasteiger charge is 2.23. The van der Waals surface area contributed by atoms with Crippen molar-refractivity contribution < 1.29 is 19.3 Å². The fraction of sp³-hybridized carbons (Fsp3) is 0.0789. The maximum Gasteiger partial charge on any atom is 0.276 e. The van der Waals surface area contributed by atoms with Crippen LogP contribution in [-0.2, 0) is 9.59 Å². The third-order valence-electron chi connectivity index (χ3n) is 7.31. The van der Waals surface area contributed by atoms with Crippen molar-refractivity contribution in [2.75, 3.05) is 10.6 Å². The summed E-state index contributed by atoms with van der Waals surface area (Å²) in [4.78, 5) is 51.9. The molecule has 1 unspecified atom stereocenters. The Labute approximate surface area is 282 Å². The SMILES string of the molecule is Cc1ccc(NC(=O)C(Sc2ccc(NC(=O)/C(=C/c3ccccc3[N+](=O)[O-])NC(=O)c3ccccc3)cc2)c2ccccc2)c(C)c1. The van der Waals surface area contributed by atoms with E-state index in [2.05, 4.69) is 16.0 Å². The minimum absolute atomic E-state index is 0.152. The third kappa shape index (κ3) is 8.62. The van der Waals surface area contributed by atoms with Gasteiger partial charge in [0, 0.05) is 27.9 Å². The van der Waals surface area contributed by atoms with E-state index in [1.54, 1.807) is 60.7 Å². The van der Waals surface area contributed by atoms with Crippen molar-refractivity contribution in [3.63, 3.8) is 0 Å². The van der Waals surface area contributed by atoms with Gasteiger partial charge in [0.1, 0.15) is 10.9 Å². The Bertz CT molecular complexity index is 1980. The van der Waals surface area contributed by atoms with E-state index >= 15 is 0 Å². The smallest absolute Gasteiger partial charge is 0.276 e. The Morgan fingerprint density at radius 2 is 1.42 bits per heavy atom. The number of nitrogens with one attached hydrogen (secondary N) is 3. The summed E-state index contributed by atoms with van der Waals surface area (Å²) in [5, 5.41) is 19.5. The Morgan fingerprint density at radius 1 is 0.771 bits per heavy atom. The van der Waals surface area contributed by atoms with Crippen LogP contribution >= 0.6 is 11.8 Å². The predicted octanol–water partition coefficient (Wildman–Crippen LogP) is 8.09. The highest BCUT2D eigenvalue weighted by atomic mass is 32.2. The van der Waals surface area contributed by atoms with Gasteiger partial charge in [0.15, 0.2) is 0 Å².